The molecule has 2 atom stereocenters. The molecule has 0 aromatic rings. The molecule has 0 saturated heterocycles. The SMILES string of the molecule is C[C@@]1(CN)CCCC[C@@H]1O. The summed E-state index contributed by atoms with van der Waals surface area (Å²) in [4.78, 5) is 0. The number of nitrogens with two attached hydrogens (primary N) is 1. The summed E-state index contributed by atoms with van der Waals surface area (Å²) in [5, 5.41) is 9.55. The normalized spacial score (nSPS) is 41.7. The molecule has 0 aliphatic heterocycles. The van der Waals surface area contributed by atoms with Gasteiger partial charge in [-0.1, -0.05) is 19.8 Å². The third-order valence-corrected chi connectivity index (χ3v) is 2.75. The van der Waals surface area contributed by atoms with Gasteiger partial charge >= 0.3 is 0 Å². The summed E-state index contributed by atoms with van der Waals surface area (Å²) in [5.74, 6) is 0. The van der Waals surface area contributed by atoms with Crippen molar-refractivity contribution in [3.05, 3.63) is 0 Å². The predicted molar refractivity (Wildman–Crippen MR) is 41.6 cm³/mol. The van der Waals surface area contributed by atoms with Crippen molar-refractivity contribution in [2.24, 2.45) is 11.1 Å². The summed E-state index contributed by atoms with van der Waals surface area (Å²) in [5.41, 5.74) is 5.58. The summed E-state index contributed by atoms with van der Waals surface area (Å²) in [6, 6.07) is 0. The van der Waals surface area contributed by atoms with Crippen molar-refractivity contribution >= 4 is 0 Å². The number of aliphatic hydroxyl groups excluding tert-OH is 1. The quantitative estimate of drug-likeness (QED) is 0.572. The Kier molecular flexibility index (Phi) is 2.32. The average molecular weight is 143 g/mol. The zero-order valence-electron chi connectivity index (χ0n) is 6.64. The molecule has 0 unspecified atom stereocenters. The van der Waals surface area contributed by atoms with Crippen LogP contribution in [-0.2, 0) is 0 Å². The van der Waals surface area contributed by atoms with Crippen LogP contribution < -0.4 is 5.73 Å². The molecule has 0 amide bonds. The van der Waals surface area contributed by atoms with Crippen molar-refractivity contribution in [1.82, 2.24) is 0 Å². The first-order valence-electron chi connectivity index (χ1n) is 4.07. The maximum atomic E-state index is 9.55. The van der Waals surface area contributed by atoms with Crippen molar-refractivity contribution in [3.63, 3.8) is 0 Å². The van der Waals surface area contributed by atoms with Gasteiger partial charge in [0.05, 0.1) is 6.10 Å². The lowest BCUT2D eigenvalue weighted by molar-refractivity contribution is 0.00690. The largest absolute Gasteiger partial charge is 0.393 e. The molecule has 60 valence electrons. The minimum Gasteiger partial charge on any atom is -0.393 e. The first kappa shape index (κ1) is 8.02. The third-order valence-electron chi connectivity index (χ3n) is 2.75. The molecule has 0 aromatic carbocycles. The Bertz CT molecular complexity index is 116. The average Bonchev–Trinajstić information content (AvgIpc) is 1.96. The first-order valence-corrected chi connectivity index (χ1v) is 4.07. The van der Waals surface area contributed by atoms with Crippen molar-refractivity contribution < 1.29 is 5.11 Å². The van der Waals surface area contributed by atoms with Gasteiger partial charge in [0.2, 0.25) is 0 Å². The van der Waals surface area contributed by atoms with Gasteiger partial charge in [-0.05, 0) is 12.8 Å². The van der Waals surface area contributed by atoms with E-state index in [0.29, 0.717) is 6.54 Å². The fourth-order valence-electron chi connectivity index (χ4n) is 1.62. The molecule has 1 saturated carbocycles. The van der Waals surface area contributed by atoms with Gasteiger partial charge in [0.25, 0.3) is 0 Å². The van der Waals surface area contributed by atoms with Gasteiger partial charge in [-0.15, -0.1) is 0 Å². The predicted octanol–water partition coefficient (Wildman–Crippen LogP) is 0.886. The van der Waals surface area contributed by atoms with Crippen molar-refractivity contribution in [3.8, 4) is 0 Å². The number of aliphatic hydroxyl groups is 1. The Balaban J connectivity index is 2.54. The topological polar surface area (TPSA) is 46.2 Å². The summed E-state index contributed by atoms with van der Waals surface area (Å²) in [6.45, 7) is 2.70. The lowest BCUT2D eigenvalue weighted by atomic mass is 9.73. The molecule has 1 aliphatic carbocycles. The third kappa shape index (κ3) is 1.32. The van der Waals surface area contributed by atoms with E-state index in [4.69, 9.17) is 5.73 Å². The van der Waals surface area contributed by atoms with E-state index in [1.165, 1.54) is 6.42 Å². The lowest BCUT2D eigenvalue weighted by Gasteiger charge is -2.37. The summed E-state index contributed by atoms with van der Waals surface area (Å²) < 4.78 is 0. The minimum absolute atomic E-state index is 0.0122. The number of hydrogen-bond acceptors (Lipinski definition) is 2. The molecule has 1 aliphatic rings. The standard InChI is InChI=1S/C8H17NO/c1-8(6-9)5-3-2-4-7(8)10/h7,10H,2-6,9H2,1H3/t7-,8-/m0/s1. The Labute approximate surface area is 62.4 Å². The molecule has 10 heavy (non-hydrogen) atoms. The van der Waals surface area contributed by atoms with Gasteiger partial charge in [0.1, 0.15) is 0 Å². The summed E-state index contributed by atoms with van der Waals surface area (Å²) >= 11 is 0. The number of rotatable bonds is 1. The molecule has 0 aromatic heterocycles. The Morgan fingerprint density at radius 3 is 2.70 bits per heavy atom. The van der Waals surface area contributed by atoms with Crippen molar-refractivity contribution in [2.45, 2.75) is 38.7 Å². The Morgan fingerprint density at radius 1 is 1.60 bits per heavy atom. The molecular weight excluding hydrogens is 126 g/mol. The van der Waals surface area contributed by atoms with E-state index in [9.17, 15) is 5.11 Å². The van der Waals surface area contributed by atoms with Crippen LogP contribution in [0.4, 0.5) is 0 Å². The van der Waals surface area contributed by atoms with Crippen LogP contribution in [0.25, 0.3) is 0 Å². The van der Waals surface area contributed by atoms with E-state index in [1.807, 2.05) is 0 Å². The van der Waals surface area contributed by atoms with Crippen molar-refractivity contribution in [2.75, 3.05) is 6.54 Å². The molecular formula is C8H17NO. The first-order chi connectivity index (χ1) is 4.69. The molecule has 0 spiro atoms. The Hall–Kier alpha value is -0.0800. The molecule has 2 nitrogen and oxygen atoms in total. The van der Waals surface area contributed by atoms with Gasteiger partial charge in [-0.25, -0.2) is 0 Å². The molecule has 2 heteroatoms. The molecule has 1 fully saturated rings. The highest BCUT2D eigenvalue weighted by molar-refractivity contribution is 4.86. The molecule has 1 rings (SSSR count). The molecule has 0 heterocycles. The van der Waals surface area contributed by atoms with Gasteiger partial charge < -0.3 is 10.8 Å². The van der Waals surface area contributed by atoms with E-state index in [0.717, 1.165) is 19.3 Å². The van der Waals surface area contributed by atoms with Crippen LogP contribution in [0, 0.1) is 5.41 Å². The molecule has 3 N–H and O–H groups in total. The highest BCUT2D eigenvalue weighted by Gasteiger charge is 2.33. The van der Waals surface area contributed by atoms with E-state index in [2.05, 4.69) is 6.92 Å². The second-order valence-electron chi connectivity index (χ2n) is 3.62. The second-order valence-corrected chi connectivity index (χ2v) is 3.62. The number of hydrogen-bond donors (Lipinski definition) is 2. The van der Waals surface area contributed by atoms with Crippen LogP contribution in [0.15, 0.2) is 0 Å². The van der Waals surface area contributed by atoms with Gasteiger partial charge in [0, 0.05) is 12.0 Å². The van der Waals surface area contributed by atoms with Crippen molar-refractivity contribution in [1.29, 1.82) is 0 Å². The maximum absolute atomic E-state index is 9.55. The minimum atomic E-state index is -0.161. The van der Waals surface area contributed by atoms with E-state index < -0.39 is 0 Å². The molecule has 0 bridgehead atoms. The highest BCUT2D eigenvalue weighted by Crippen LogP contribution is 2.34. The van der Waals surface area contributed by atoms with Gasteiger partial charge in [-0.3, -0.25) is 0 Å². The summed E-state index contributed by atoms with van der Waals surface area (Å²) in [7, 11) is 0. The smallest absolute Gasteiger partial charge is 0.0605 e. The Morgan fingerprint density at radius 2 is 2.30 bits per heavy atom. The van der Waals surface area contributed by atoms with Crippen LogP contribution in [0.1, 0.15) is 32.6 Å². The fraction of sp³-hybridized carbons (Fsp3) is 1.00. The van der Waals surface area contributed by atoms with E-state index >= 15 is 0 Å². The maximum Gasteiger partial charge on any atom is 0.0605 e. The van der Waals surface area contributed by atoms with Crippen LogP contribution in [0.3, 0.4) is 0 Å². The highest BCUT2D eigenvalue weighted by atomic mass is 16.3. The second kappa shape index (κ2) is 2.89. The zero-order chi connectivity index (χ0) is 7.61. The monoisotopic (exact) mass is 143 g/mol. The van der Waals surface area contributed by atoms with Gasteiger partial charge in [0.15, 0.2) is 0 Å². The summed E-state index contributed by atoms with van der Waals surface area (Å²) in [6.07, 6.45) is 4.26. The van der Waals surface area contributed by atoms with E-state index in [-0.39, 0.29) is 11.5 Å². The van der Waals surface area contributed by atoms with Crippen LogP contribution in [-0.4, -0.2) is 17.8 Å². The molecule has 0 radical (unpaired) electrons. The van der Waals surface area contributed by atoms with Crippen LogP contribution in [0.2, 0.25) is 0 Å². The van der Waals surface area contributed by atoms with Crippen LogP contribution in [0.5, 0.6) is 0 Å². The fourth-order valence-corrected chi connectivity index (χ4v) is 1.62. The zero-order valence-corrected chi connectivity index (χ0v) is 6.64. The lowest BCUT2D eigenvalue weighted by Crippen LogP contribution is -2.41. The van der Waals surface area contributed by atoms with Gasteiger partial charge in [-0.2, -0.15) is 0 Å². The van der Waals surface area contributed by atoms with E-state index in [1.54, 1.807) is 0 Å². The van der Waals surface area contributed by atoms with Crippen LogP contribution >= 0.6 is 0 Å².